The Kier molecular flexibility index (Phi) is 7.88. The molecule has 1 saturated carbocycles. The first-order valence-corrected chi connectivity index (χ1v) is 10.5. The monoisotopic (exact) mass is 405 g/mol. The van der Waals surface area contributed by atoms with Crippen LogP contribution in [0.1, 0.15) is 78.1 Å². The van der Waals surface area contributed by atoms with Crippen LogP contribution in [-0.2, 0) is 11.8 Å². The number of nitrogens with one attached hydrogen (secondary N) is 1. The lowest BCUT2D eigenvalue weighted by Gasteiger charge is -2.30. The van der Waals surface area contributed by atoms with E-state index in [9.17, 15) is 14.4 Å². The third-order valence-electron chi connectivity index (χ3n) is 5.83. The number of esters is 1. The number of hydrogen-bond acceptors (Lipinski definition) is 4. The molecule has 1 aromatic rings. The van der Waals surface area contributed by atoms with Crippen molar-refractivity contribution in [3.8, 4) is 0 Å². The van der Waals surface area contributed by atoms with Gasteiger partial charge in [0, 0.05) is 30.9 Å². The van der Waals surface area contributed by atoms with Gasteiger partial charge in [0.25, 0.3) is 0 Å². The molecule has 1 N–H and O–H groups in total. The molecular weight excluding hydrogens is 370 g/mol. The molecule has 7 nitrogen and oxygen atoms in total. The molecule has 2 rings (SSSR count). The molecule has 0 aliphatic heterocycles. The first-order chi connectivity index (χ1) is 13.7. The highest BCUT2D eigenvalue weighted by molar-refractivity contribution is 6.04. The number of ether oxygens (including phenoxy) is 1. The fourth-order valence-corrected chi connectivity index (χ4v) is 4.27. The van der Waals surface area contributed by atoms with Crippen molar-refractivity contribution >= 4 is 17.8 Å². The lowest BCUT2D eigenvalue weighted by atomic mass is 9.89. The Morgan fingerprint density at radius 1 is 1.17 bits per heavy atom. The van der Waals surface area contributed by atoms with E-state index >= 15 is 0 Å². The van der Waals surface area contributed by atoms with E-state index in [4.69, 9.17) is 4.74 Å². The smallest absolute Gasteiger partial charge is 0.354 e. The number of ketones is 1. The van der Waals surface area contributed by atoms with Gasteiger partial charge in [0.05, 0.1) is 13.7 Å². The molecule has 0 aromatic carbocycles. The first kappa shape index (κ1) is 23.0. The number of methoxy groups -OCH3 is 1. The zero-order chi connectivity index (χ0) is 21.7. The average Bonchev–Trinajstić information content (AvgIpc) is 2.89. The predicted molar refractivity (Wildman–Crippen MR) is 112 cm³/mol. The van der Waals surface area contributed by atoms with Crippen LogP contribution in [0.15, 0.2) is 0 Å². The summed E-state index contributed by atoms with van der Waals surface area (Å²) in [7, 11) is 3.07. The Hall–Kier alpha value is -2.31. The minimum Gasteiger partial charge on any atom is -0.464 e. The van der Waals surface area contributed by atoms with Gasteiger partial charge in [-0.3, -0.25) is 4.79 Å². The molecule has 1 aromatic heterocycles. The van der Waals surface area contributed by atoms with Crippen molar-refractivity contribution in [3.05, 3.63) is 22.5 Å². The summed E-state index contributed by atoms with van der Waals surface area (Å²) in [5.41, 5.74) is 2.18. The first-order valence-electron chi connectivity index (χ1n) is 10.5. The topological polar surface area (TPSA) is 80.6 Å². The summed E-state index contributed by atoms with van der Waals surface area (Å²) in [6.45, 7) is 7.97. The zero-order valence-electron chi connectivity index (χ0n) is 18.6. The number of Topliss-reactive ketones (excluding diaryl/α,β-unsaturated/α-hetero) is 1. The highest BCUT2D eigenvalue weighted by Crippen LogP contribution is 2.26. The van der Waals surface area contributed by atoms with E-state index in [1.807, 2.05) is 20.8 Å². The molecule has 0 spiro atoms. The highest BCUT2D eigenvalue weighted by atomic mass is 16.5. The summed E-state index contributed by atoms with van der Waals surface area (Å²) in [5, 5.41) is 2.92. The SMILES string of the molecule is COC(=O)c1c(C)c(C(=O)CN(CC2CCCCC2)C(=O)NC(C)C)c(C)n1C. The zero-order valence-corrected chi connectivity index (χ0v) is 18.6. The second-order valence-corrected chi connectivity index (χ2v) is 8.40. The predicted octanol–water partition coefficient (Wildman–Crippen LogP) is 3.61. The number of rotatable bonds is 7. The van der Waals surface area contributed by atoms with E-state index < -0.39 is 5.97 Å². The van der Waals surface area contributed by atoms with Crippen molar-refractivity contribution in [1.82, 2.24) is 14.8 Å². The minimum absolute atomic E-state index is 0.00135. The normalized spacial score (nSPS) is 14.7. The Bertz CT molecular complexity index is 761. The fourth-order valence-electron chi connectivity index (χ4n) is 4.27. The van der Waals surface area contributed by atoms with Crippen molar-refractivity contribution in [2.75, 3.05) is 20.2 Å². The molecule has 0 unspecified atom stereocenters. The van der Waals surface area contributed by atoms with Crippen LogP contribution in [0, 0.1) is 19.8 Å². The maximum atomic E-state index is 13.2. The summed E-state index contributed by atoms with van der Waals surface area (Å²) in [5.74, 6) is -0.192. The number of amides is 2. The van der Waals surface area contributed by atoms with Crippen LogP contribution in [0.3, 0.4) is 0 Å². The van der Waals surface area contributed by atoms with E-state index in [1.54, 1.807) is 23.4 Å². The molecule has 1 aliphatic rings. The number of urea groups is 1. The Morgan fingerprint density at radius 3 is 2.34 bits per heavy atom. The number of nitrogens with zero attached hydrogens (tertiary/aromatic N) is 2. The summed E-state index contributed by atoms with van der Waals surface area (Å²) in [4.78, 5) is 39.8. The van der Waals surface area contributed by atoms with Crippen molar-refractivity contribution in [2.24, 2.45) is 13.0 Å². The van der Waals surface area contributed by atoms with Crippen molar-refractivity contribution in [2.45, 2.75) is 65.8 Å². The average molecular weight is 406 g/mol. The summed E-state index contributed by atoms with van der Waals surface area (Å²) < 4.78 is 6.55. The summed E-state index contributed by atoms with van der Waals surface area (Å²) in [6, 6.07) is -0.212. The number of aromatic nitrogens is 1. The van der Waals surface area contributed by atoms with E-state index in [2.05, 4.69) is 5.32 Å². The summed E-state index contributed by atoms with van der Waals surface area (Å²) in [6.07, 6.45) is 5.78. The number of carbonyl (C=O) groups excluding carboxylic acids is 3. The largest absolute Gasteiger partial charge is 0.464 e. The van der Waals surface area contributed by atoms with Crippen LogP contribution in [0.25, 0.3) is 0 Å². The van der Waals surface area contributed by atoms with Gasteiger partial charge in [-0.25, -0.2) is 9.59 Å². The maximum Gasteiger partial charge on any atom is 0.354 e. The lowest BCUT2D eigenvalue weighted by Crippen LogP contribution is -2.47. The van der Waals surface area contributed by atoms with Crippen LogP contribution >= 0.6 is 0 Å². The molecule has 0 saturated heterocycles. The van der Waals surface area contributed by atoms with E-state index in [0.29, 0.717) is 35.0 Å². The molecule has 0 atom stereocenters. The molecule has 29 heavy (non-hydrogen) atoms. The Balaban J connectivity index is 2.26. The van der Waals surface area contributed by atoms with E-state index in [-0.39, 0.29) is 24.4 Å². The van der Waals surface area contributed by atoms with E-state index in [0.717, 1.165) is 12.8 Å². The van der Waals surface area contributed by atoms with Gasteiger partial charge >= 0.3 is 12.0 Å². The van der Waals surface area contributed by atoms with Crippen LogP contribution in [0.2, 0.25) is 0 Å². The Labute approximate surface area is 173 Å². The molecule has 7 heteroatoms. The molecule has 2 amide bonds. The lowest BCUT2D eigenvalue weighted by molar-refractivity contribution is 0.0588. The van der Waals surface area contributed by atoms with Gasteiger partial charge in [-0.2, -0.15) is 0 Å². The third-order valence-corrected chi connectivity index (χ3v) is 5.83. The van der Waals surface area contributed by atoms with Crippen LogP contribution in [0.4, 0.5) is 4.79 Å². The van der Waals surface area contributed by atoms with Gasteiger partial charge in [-0.15, -0.1) is 0 Å². The van der Waals surface area contributed by atoms with Gasteiger partial charge in [0.2, 0.25) is 0 Å². The Morgan fingerprint density at radius 2 is 1.79 bits per heavy atom. The van der Waals surface area contributed by atoms with Crippen LogP contribution in [0.5, 0.6) is 0 Å². The van der Waals surface area contributed by atoms with Gasteiger partial charge in [-0.1, -0.05) is 19.3 Å². The van der Waals surface area contributed by atoms with E-state index in [1.165, 1.54) is 26.4 Å². The molecule has 1 fully saturated rings. The standard InChI is InChI=1S/C22H35N3O4/c1-14(2)23-22(28)25(12-17-10-8-7-9-11-17)13-18(26)19-15(3)20(21(27)29-6)24(5)16(19)4/h14,17H,7-13H2,1-6H3,(H,23,28). The van der Waals surface area contributed by atoms with Crippen LogP contribution < -0.4 is 5.32 Å². The second-order valence-electron chi connectivity index (χ2n) is 8.40. The second kappa shape index (κ2) is 9.94. The fraction of sp³-hybridized carbons (Fsp3) is 0.682. The third kappa shape index (κ3) is 5.40. The van der Waals surface area contributed by atoms with Gasteiger partial charge in [0.1, 0.15) is 5.69 Å². The number of carbonyl (C=O) groups is 3. The highest BCUT2D eigenvalue weighted by Gasteiger charge is 2.29. The molecule has 1 aliphatic carbocycles. The molecule has 0 radical (unpaired) electrons. The quantitative estimate of drug-likeness (QED) is 0.555. The molecular formula is C22H35N3O4. The number of hydrogen-bond donors (Lipinski definition) is 1. The van der Waals surface area contributed by atoms with Gasteiger partial charge in [0.15, 0.2) is 5.78 Å². The van der Waals surface area contributed by atoms with Gasteiger partial charge in [-0.05, 0) is 52.0 Å². The maximum absolute atomic E-state index is 13.2. The van der Waals surface area contributed by atoms with Crippen molar-refractivity contribution < 1.29 is 19.1 Å². The minimum atomic E-state index is -0.469. The molecule has 0 bridgehead atoms. The molecule has 1 heterocycles. The van der Waals surface area contributed by atoms with Crippen molar-refractivity contribution in [3.63, 3.8) is 0 Å². The van der Waals surface area contributed by atoms with Gasteiger partial charge < -0.3 is 19.5 Å². The molecule has 162 valence electrons. The van der Waals surface area contributed by atoms with Crippen molar-refractivity contribution in [1.29, 1.82) is 0 Å². The summed E-state index contributed by atoms with van der Waals surface area (Å²) >= 11 is 0. The van der Waals surface area contributed by atoms with Crippen LogP contribution in [-0.4, -0.2) is 53.5 Å².